The monoisotopic (exact) mass is 262 g/mol. The molecule has 19 heavy (non-hydrogen) atoms. The number of hydrogen-bond acceptors (Lipinski definition) is 4. The molecule has 0 bridgehead atoms. The second kappa shape index (κ2) is 4.87. The van der Waals surface area contributed by atoms with E-state index in [0.717, 1.165) is 4.57 Å². The van der Waals surface area contributed by atoms with Crippen LogP contribution >= 0.6 is 0 Å². The highest BCUT2D eigenvalue weighted by atomic mass is 16.2. The number of rotatable bonds is 3. The van der Waals surface area contributed by atoms with Crippen molar-refractivity contribution in [3.63, 3.8) is 0 Å². The number of pyridine rings is 1. The highest BCUT2D eigenvalue weighted by Gasteiger charge is 2.14. The van der Waals surface area contributed by atoms with Crippen LogP contribution in [0.2, 0.25) is 0 Å². The van der Waals surface area contributed by atoms with E-state index in [9.17, 15) is 9.59 Å². The van der Waals surface area contributed by atoms with E-state index in [0.29, 0.717) is 23.3 Å². The first-order chi connectivity index (χ1) is 8.97. The Labute approximate surface area is 110 Å². The molecule has 0 saturated carbocycles. The molecule has 2 heterocycles. The first kappa shape index (κ1) is 13.3. The van der Waals surface area contributed by atoms with Crippen molar-refractivity contribution >= 4 is 16.7 Å². The van der Waals surface area contributed by atoms with Crippen LogP contribution in [0.15, 0.2) is 21.9 Å². The van der Waals surface area contributed by atoms with E-state index in [-0.39, 0.29) is 17.3 Å². The van der Waals surface area contributed by atoms with Crippen LogP contribution in [0, 0.1) is 0 Å². The minimum Gasteiger partial charge on any atom is -0.382 e. The molecular weight excluding hydrogens is 244 g/mol. The first-order valence-corrected chi connectivity index (χ1v) is 6.32. The van der Waals surface area contributed by atoms with E-state index in [2.05, 4.69) is 10.3 Å². The summed E-state index contributed by atoms with van der Waals surface area (Å²) < 4.78 is 2.63. The van der Waals surface area contributed by atoms with Gasteiger partial charge in [-0.1, -0.05) is 0 Å². The molecule has 0 radical (unpaired) electrons. The molecule has 2 aromatic rings. The maximum Gasteiger partial charge on any atom is 0.332 e. The Kier molecular flexibility index (Phi) is 3.42. The van der Waals surface area contributed by atoms with Crippen LogP contribution in [0.3, 0.4) is 0 Å². The van der Waals surface area contributed by atoms with Crippen molar-refractivity contribution in [1.82, 2.24) is 14.1 Å². The Balaban J connectivity index is 2.94. The lowest BCUT2D eigenvalue weighted by Gasteiger charge is -2.14. The van der Waals surface area contributed by atoms with Gasteiger partial charge in [0, 0.05) is 25.8 Å². The minimum atomic E-state index is -0.339. The van der Waals surface area contributed by atoms with Gasteiger partial charge in [0.1, 0.15) is 5.39 Å². The van der Waals surface area contributed by atoms with Crippen molar-refractivity contribution in [2.45, 2.75) is 33.4 Å². The van der Waals surface area contributed by atoms with Gasteiger partial charge in [0.05, 0.1) is 5.69 Å². The number of fused-ring (bicyclic) bond motifs is 1. The maximum atomic E-state index is 12.3. The third kappa shape index (κ3) is 2.14. The third-order valence-corrected chi connectivity index (χ3v) is 2.98. The van der Waals surface area contributed by atoms with Crippen LogP contribution in [0.5, 0.6) is 0 Å². The molecule has 0 aromatic carbocycles. The Bertz CT molecular complexity index is 728. The van der Waals surface area contributed by atoms with Crippen molar-refractivity contribution < 1.29 is 0 Å². The lowest BCUT2D eigenvalue weighted by Crippen LogP contribution is -2.38. The summed E-state index contributed by atoms with van der Waals surface area (Å²) in [5.41, 5.74) is 0.485. The van der Waals surface area contributed by atoms with E-state index >= 15 is 0 Å². The molecule has 0 aliphatic heterocycles. The summed E-state index contributed by atoms with van der Waals surface area (Å²) in [5.74, 6) is 0. The zero-order valence-electron chi connectivity index (χ0n) is 11.6. The molecule has 0 saturated heterocycles. The number of nitrogens with one attached hydrogen (secondary N) is 1. The van der Waals surface area contributed by atoms with Gasteiger partial charge < -0.3 is 5.32 Å². The van der Waals surface area contributed by atoms with Gasteiger partial charge in [0.25, 0.3) is 5.56 Å². The van der Waals surface area contributed by atoms with Crippen molar-refractivity contribution in [2.24, 2.45) is 7.05 Å². The average molecular weight is 262 g/mol. The van der Waals surface area contributed by atoms with Gasteiger partial charge in [-0.15, -0.1) is 0 Å². The summed E-state index contributed by atoms with van der Waals surface area (Å²) in [6.07, 6.45) is 1.61. The van der Waals surface area contributed by atoms with Gasteiger partial charge in [0.2, 0.25) is 0 Å². The van der Waals surface area contributed by atoms with Gasteiger partial charge in [-0.2, -0.15) is 0 Å². The zero-order valence-corrected chi connectivity index (χ0v) is 11.6. The maximum absolute atomic E-state index is 12.3. The summed E-state index contributed by atoms with van der Waals surface area (Å²) in [5, 5.41) is 3.68. The number of anilines is 1. The Morgan fingerprint density at radius 3 is 2.63 bits per heavy atom. The molecule has 0 amide bonds. The smallest absolute Gasteiger partial charge is 0.332 e. The molecule has 0 fully saturated rings. The van der Waals surface area contributed by atoms with Gasteiger partial charge >= 0.3 is 5.69 Å². The molecule has 102 valence electrons. The van der Waals surface area contributed by atoms with E-state index in [4.69, 9.17) is 0 Å². The van der Waals surface area contributed by atoms with Crippen LogP contribution in [0.25, 0.3) is 11.0 Å². The predicted molar refractivity (Wildman–Crippen MR) is 75.7 cm³/mol. The summed E-state index contributed by atoms with van der Waals surface area (Å²) in [4.78, 5) is 28.5. The molecule has 6 heteroatoms. The lowest BCUT2D eigenvalue weighted by atomic mass is 10.2. The first-order valence-electron chi connectivity index (χ1n) is 6.32. The molecule has 0 spiro atoms. The average Bonchev–Trinajstić information content (AvgIpc) is 2.36. The standard InChI is InChI=1S/C13H18N4O2/c1-5-17-11-10(12(18)16(4)13(17)19)9(6-7-14-11)15-8(2)3/h6-8H,5H2,1-4H3,(H,14,15). The summed E-state index contributed by atoms with van der Waals surface area (Å²) in [6.45, 7) is 6.32. The molecule has 0 unspecified atom stereocenters. The van der Waals surface area contributed by atoms with Gasteiger partial charge in [-0.3, -0.25) is 13.9 Å². The number of aromatic nitrogens is 3. The summed E-state index contributed by atoms with van der Waals surface area (Å²) >= 11 is 0. The van der Waals surface area contributed by atoms with Crippen LogP contribution in [0.1, 0.15) is 20.8 Å². The highest BCUT2D eigenvalue weighted by Crippen LogP contribution is 2.17. The zero-order chi connectivity index (χ0) is 14.2. The van der Waals surface area contributed by atoms with E-state index in [1.807, 2.05) is 20.8 Å². The molecule has 0 aliphatic carbocycles. The van der Waals surface area contributed by atoms with E-state index in [1.54, 1.807) is 12.3 Å². The third-order valence-electron chi connectivity index (χ3n) is 2.98. The predicted octanol–water partition coefficient (Wildman–Crippen LogP) is 0.935. The topological polar surface area (TPSA) is 68.9 Å². The Morgan fingerprint density at radius 2 is 2.05 bits per heavy atom. The quantitative estimate of drug-likeness (QED) is 0.893. The van der Waals surface area contributed by atoms with Crippen LogP contribution < -0.4 is 16.6 Å². The molecular formula is C13H18N4O2. The second-order valence-corrected chi connectivity index (χ2v) is 4.75. The second-order valence-electron chi connectivity index (χ2n) is 4.75. The van der Waals surface area contributed by atoms with Crippen LogP contribution in [-0.4, -0.2) is 20.2 Å². The fourth-order valence-electron chi connectivity index (χ4n) is 2.11. The Morgan fingerprint density at radius 1 is 1.37 bits per heavy atom. The number of nitrogens with zero attached hydrogens (tertiary/aromatic N) is 3. The van der Waals surface area contributed by atoms with Crippen molar-refractivity contribution in [2.75, 3.05) is 5.32 Å². The number of aryl methyl sites for hydroxylation is 1. The van der Waals surface area contributed by atoms with Gasteiger partial charge in [0.15, 0.2) is 5.65 Å². The van der Waals surface area contributed by atoms with Gasteiger partial charge in [-0.05, 0) is 26.8 Å². The molecule has 0 atom stereocenters. The van der Waals surface area contributed by atoms with E-state index in [1.165, 1.54) is 11.6 Å². The van der Waals surface area contributed by atoms with E-state index < -0.39 is 0 Å². The lowest BCUT2D eigenvalue weighted by molar-refractivity contribution is 0.651. The van der Waals surface area contributed by atoms with Crippen LogP contribution in [0.4, 0.5) is 5.69 Å². The molecule has 2 rings (SSSR count). The largest absolute Gasteiger partial charge is 0.382 e. The molecule has 0 aliphatic rings. The van der Waals surface area contributed by atoms with Crippen molar-refractivity contribution in [1.29, 1.82) is 0 Å². The summed E-state index contributed by atoms with van der Waals surface area (Å²) in [6, 6.07) is 1.95. The SMILES string of the molecule is CCn1c(=O)n(C)c(=O)c2c(NC(C)C)ccnc21. The number of hydrogen-bond donors (Lipinski definition) is 1. The minimum absolute atomic E-state index is 0.192. The molecule has 1 N–H and O–H groups in total. The Hall–Kier alpha value is -2.11. The van der Waals surface area contributed by atoms with Gasteiger partial charge in [-0.25, -0.2) is 9.78 Å². The normalized spacial score (nSPS) is 11.2. The van der Waals surface area contributed by atoms with Crippen molar-refractivity contribution in [3.05, 3.63) is 33.1 Å². The molecule has 2 aromatic heterocycles. The fraction of sp³-hybridized carbons (Fsp3) is 0.462. The molecule has 6 nitrogen and oxygen atoms in total. The van der Waals surface area contributed by atoms with Crippen LogP contribution in [-0.2, 0) is 13.6 Å². The highest BCUT2D eigenvalue weighted by molar-refractivity contribution is 5.88. The summed E-state index contributed by atoms with van der Waals surface area (Å²) in [7, 11) is 1.49. The van der Waals surface area contributed by atoms with Crippen molar-refractivity contribution in [3.8, 4) is 0 Å². The fourth-order valence-corrected chi connectivity index (χ4v) is 2.11.